The summed E-state index contributed by atoms with van der Waals surface area (Å²) in [5.74, 6) is 0.389. The molecule has 0 atom stereocenters. The summed E-state index contributed by atoms with van der Waals surface area (Å²) in [5, 5.41) is 0. The average Bonchev–Trinajstić information content (AvgIpc) is 2.55. The Labute approximate surface area is 85.3 Å². The molecular formula is C10H10F2N2O. The number of imidazole rings is 1. The second kappa shape index (κ2) is 3.49. The third kappa shape index (κ3) is 1.54. The van der Waals surface area contributed by atoms with Gasteiger partial charge in [-0.1, -0.05) is 0 Å². The molecule has 0 radical (unpaired) electrons. The number of rotatable bonds is 2. The van der Waals surface area contributed by atoms with Crippen molar-refractivity contribution in [3.05, 3.63) is 24.0 Å². The van der Waals surface area contributed by atoms with E-state index in [4.69, 9.17) is 4.74 Å². The van der Waals surface area contributed by atoms with Crippen LogP contribution in [0.4, 0.5) is 8.78 Å². The van der Waals surface area contributed by atoms with Crippen LogP contribution < -0.4 is 4.74 Å². The minimum Gasteiger partial charge on any atom is -0.497 e. The van der Waals surface area contributed by atoms with Crippen LogP contribution in [-0.2, 0) is 7.05 Å². The Morgan fingerprint density at radius 1 is 1.40 bits per heavy atom. The maximum Gasteiger partial charge on any atom is 0.295 e. The highest BCUT2D eigenvalue weighted by Crippen LogP contribution is 2.25. The zero-order valence-corrected chi connectivity index (χ0v) is 8.37. The molecule has 1 heterocycles. The minimum atomic E-state index is -2.56. The second-order valence-electron chi connectivity index (χ2n) is 3.18. The number of aryl methyl sites for hydroxylation is 1. The van der Waals surface area contributed by atoms with Crippen LogP contribution >= 0.6 is 0 Å². The molecule has 0 unspecified atom stereocenters. The quantitative estimate of drug-likeness (QED) is 0.764. The fraction of sp³-hybridized carbons (Fsp3) is 0.300. The molecule has 0 bridgehead atoms. The van der Waals surface area contributed by atoms with Crippen molar-refractivity contribution in [2.24, 2.45) is 7.05 Å². The SMILES string of the molecule is COc1ccc2c(c1)nc(C(F)F)n2C. The molecule has 0 aliphatic heterocycles. The van der Waals surface area contributed by atoms with Crippen LogP contribution in [0.15, 0.2) is 18.2 Å². The van der Waals surface area contributed by atoms with Crippen molar-refractivity contribution >= 4 is 11.0 Å². The number of aromatic nitrogens is 2. The van der Waals surface area contributed by atoms with Crippen LogP contribution in [-0.4, -0.2) is 16.7 Å². The highest BCUT2D eigenvalue weighted by atomic mass is 19.3. The molecule has 15 heavy (non-hydrogen) atoms. The Kier molecular flexibility index (Phi) is 2.30. The molecule has 3 nitrogen and oxygen atoms in total. The van der Waals surface area contributed by atoms with E-state index in [-0.39, 0.29) is 5.82 Å². The number of fused-ring (bicyclic) bond motifs is 1. The van der Waals surface area contributed by atoms with Gasteiger partial charge in [-0.25, -0.2) is 13.8 Å². The summed E-state index contributed by atoms with van der Waals surface area (Å²) in [5.41, 5.74) is 1.19. The number of hydrogen-bond donors (Lipinski definition) is 0. The monoisotopic (exact) mass is 212 g/mol. The summed E-state index contributed by atoms with van der Waals surface area (Å²) in [6, 6.07) is 5.08. The van der Waals surface area contributed by atoms with Gasteiger partial charge in [0.05, 0.1) is 18.1 Å². The Balaban J connectivity index is 2.65. The van der Waals surface area contributed by atoms with Crippen molar-refractivity contribution in [1.29, 1.82) is 0 Å². The molecule has 0 spiro atoms. The molecule has 2 rings (SSSR count). The fourth-order valence-corrected chi connectivity index (χ4v) is 1.52. The van der Waals surface area contributed by atoms with Gasteiger partial charge >= 0.3 is 0 Å². The van der Waals surface area contributed by atoms with E-state index < -0.39 is 6.43 Å². The largest absolute Gasteiger partial charge is 0.497 e. The molecule has 2 aromatic rings. The van der Waals surface area contributed by atoms with E-state index >= 15 is 0 Å². The molecular weight excluding hydrogens is 202 g/mol. The normalized spacial score (nSPS) is 11.3. The Bertz CT molecular complexity index is 493. The lowest BCUT2D eigenvalue weighted by atomic mass is 10.3. The van der Waals surface area contributed by atoms with E-state index in [9.17, 15) is 8.78 Å². The lowest BCUT2D eigenvalue weighted by molar-refractivity contribution is 0.137. The zero-order valence-electron chi connectivity index (χ0n) is 8.37. The number of halogens is 2. The molecule has 0 aliphatic carbocycles. The van der Waals surface area contributed by atoms with Crippen LogP contribution in [0.25, 0.3) is 11.0 Å². The first-order chi connectivity index (χ1) is 7.13. The van der Waals surface area contributed by atoms with E-state index in [1.54, 1.807) is 25.2 Å². The van der Waals surface area contributed by atoms with Crippen LogP contribution in [0.3, 0.4) is 0 Å². The maximum atomic E-state index is 12.5. The van der Waals surface area contributed by atoms with Crippen molar-refractivity contribution in [2.75, 3.05) is 7.11 Å². The predicted molar refractivity (Wildman–Crippen MR) is 52.2 cm³/mol. The van der Waals surface area contributed by atoms with Crippen LogP contribution in [0.1, 0.15) is 12.2 Å². The predicted octanol–water partition coefficient (Wildman–Crippen LogP) is 2.52. The Morgan fingerprint density at radius 2 is 2.13 bits per heavy atom. The lowest BCUT2D eigenvalue weighted by Crippen LogP contribution is -1.97. The number of ether oxygens (including phenoxy) is 1. The molecule has 0 saturated heterocycles. The van der Waals surface area contributed by atoms with Crippen LogP contribution in [0.2, 0.25) is 0 Å². The number of methoxy groups -OCH3 is 1. The summed E-state index contributed by atoms with van der Waals surface area (Å²) in [7, 11) is 3.10. The van der Waals surface area contributed by atoms with Gasteiger partial charge in [0, 0.05) is 13.1 Å². The standard InChI is InChI=1S/C10H10F2N2O/c1-14-8-4-3-6(15-2)5-7(8)13-10(14)9(11)12/h3-5,9H,1-2H3. The molecule has 5 heteroatoms. The molecule has 0 fully saturated rings. The first-order valence-electron chi connectivity index (χ1n) is 4.42. The van der Waals surface area contributed by atoms with Gasteiger partial charge in [0.15, 0.2) is 5.82 Å². The molecule has 0 saturated carbocycles. The first kappa shape index (κ1) is 9.89. The third-order valence-corrected chi connectivity index (χ3v) is 2.32. The highest BCUT2D eigenvalue weighted by molar-refractivity contribution is 5.77. The highest BCUT2D eigenvalue weighted by Gasteiger charge is 2.16. The van der Waals surface area contributed by atoms with Crippen molar-refractivity contribution in [2.45, 2.75) is 6.43 Å². The number of alkyl halides is 2. The number of hydrogen-bond acceptors (Lipinski definition) is 2. The van der Waals surface area contributed by atoms with Gasteiger partial charge < -0.3 is 9.30 Å². The van der Waals surface area contributed by atoms with Crippen LogP contribution in [0.5, 0.6) is 5.75 Å². The van der Waals surface area contributed by atoms with E-state index in [1.807, 2.05) is 0 Å². The average molecular weight is 212 g/mol. The minimum absolute atomic E-state index is 0.224. The van der Waals surface area contributed by atoms with Crippen molar-refractivity contribution in [1.82, 2.24) is 9.55 Å². The van der Waals surface area contributed by atoms with Crippen LogP contribution in [0, 0.1) is 0 Å². The zero-order chi connectivity index (χ0) is 11.0. The summed E-state index contributed by atoms with van der Waals surface area (Å²) < 4.78 is 31.5. The summed E-state index contributed by atoms with van der Waals surface area (Å²) in [4.78, 5) is 3.85. The summed E-state index contributed by atoms with van der Waals surface area (Å²) >= 11 is 0. The Hall–Kier alpha value is -1.65. The van der Waals surface area contributed by atoms with Gasteiger partial charge in [0.2, 0.25) is 0 Å². The lowest BCUT2D eigenvalue weighted by Gasteiger charge is -2.00. The number of benzene rings is 1. The number of nitrogens with zero attached hydrogens (tertiary/aromatic N) is 2. The summed E-state index contributed by atoms with van der Waals surface area (Å²) in [6.07, 6.45) is -2.56. The maximum absolute atomic E-state index is 12.5. The molecule has 80 valence electrons. The first-order valence-corrected chi connectivity index (χ1v) is 4.42. The van der Waals surface area contributed by atoms with E-state index in [0.29, 0.717) is 16.8 Å². The molecule has 0 amide bonds. The molecule has 1 aromatic heterocycles. The van der Waals surface area contributed by atoms with Gasteiger partial charge in [-0.05, 0) is 12.1 Å². The topological polar surface area (TPSA) is 27.1 Å². The van der Waals surface area contributed by atoms with Crippen molar-refractivity contribution in [3.8, 4) is 5.75 Å². The van der Waals surface area contributed by atoms with Gasteiger partial charge in [-0.15, -0.1) is 0 Å². The van der Waals surface area contributed by atoms with Gasteiger partial charge in [-0.2, -0.15) is 0 Å². The summed E-state index contributed by atoms with van der Waals surface area (Å²) in [6.45, 7) is 0. The third-order valence-electron chi connectivity index (χ3n) is 2.32. The molecule has 0 aliphatic rings. The fourth-order valence-electron chi connectivity index (χ4n) is 1.52. The van der Waals surface area contributed by atoms with E-state index in [1.165, 1.54) is 11.7 Å². The molecule has 1 aromatic carbocycles. The van der Waals surface area contributed by atoms with Gasteiger partial charge in [0.25, 0.3) is 6.43 Å². The van der Waals surface area contributed by atoms with E-state index in [2.05, 4.69) is 4.98 Å². The van der Waals surface area contributed by atoms with E-state index in [0.717, 1.165) is 0 Å². The Morgan fingerprint density at radius 3 is 2.73 bits per heavy atom. The molecule has 0 N–H and O–H groups in total. The van der Waals surface area contributed by atoms with Gasteiger partial charge in [-0.3, -0.25) is 0 Å². The smallest absolute Gasteiger partial charge is 0.295 e. The van der Waals surface area contributed by atoms with Crippen molar-refractivity contribution < 1.29 is 13.5 Å². The van der Waals surface area contributed by atoms with Crippen molar-refractivity contribution in [3.63, 3.8) is 0 Å². The van der Waals surface area contributed by atoms with Gasteiger partial charge in [0.1, 0.15) is 5.75 Å². The second-order valence-corrected chi connectivity index (χ2v) is 3.18.